The predicted octanol–water partition coefficient (Wildman–Crippen LogP) is 5.39. The lowest BCUT2D eigenvalue weighted by molar-refractivity contribution is 0.786. The van der Waals surface area contributed by atoms with Crippen LogP contribution < -0.4 is 5.62 Å². The number of nitrogens with zero attached hydrogens (tertiary/aromatic N) is 5. The highest BCUT2D eigenvalue weighted by Gasteiger charge is 2.17. The molecule has 0 radical (unpaired) electrons. The van der Waals surface area contributed by atoms with Crippen molar-refractivity contribution in [2.45, 2.75) is 6.92 Å². The number of aryl methyl sites for hydroxylation is 2. The lowest BCUT2D eigenvalue weighted by Crippen LogP contribution is -2.21. The van der Waals surface area contributed by atoms with Crippen LogP contribution in [0.4, 0.5) is 0 Å². The van der Waals surface area contributed by atoms with E-state index in [1.54, 1.807) is 6.07 Å². The summed E-state index contributed by atoms with van der Waals surface area (Å²) in [5.41, 5.74) is 8.30. The smallest absolute Gasteiger partial charge is 0.207 e. The average Bonchev–Trinajstić information content (AvgIpc) is 3.14. The van der Waals surface area contributed by atoms with Gasteiger partial charge in [-0.25, -0.2) is 0 Å². The molecule has 1 N–H and O–H groups in total. The maximum atomic E-state index is 9.47. The molecule has 6 nitrogen and oxygen atoms in total. The Labute approximate surface area is 195 Å². The number of rotatable bonds is 2. The summed E-state index contributed by atoms with van der Waals surface area (Å²) < 4.78 is 3.74. The second-order valence-electron chi connectivity index (χ2n) is 8.47. The fraction of sp³-hybridized carbons (Fsp3) is 0.0714. The molecule has 0 saturated carbocycles. The number of aromatic nitrogens is 4. The van der Waals surface area contributed by atoms with E-state index >= 15 is 0 Å². The van der Waals surface area contributed by atoms with E-state index < -0.39 is 0 Å². The molecule has 6 rings (SSSR count). The Bertz CT molecular complexity index is 1870. The average molecular weight is 441 g/mol. The number of hydrogen-bond acceptors (Lipinski definition) is 4. The third kappa shape index (κ3) is 2.91. The largest absolute Gasteiger partial charge is 0.312 e. The van der Waals surface area contributed by atoms with Crippen molar-refractivity contribution >= 4 is 32.8 Å². The minimum absolute atomic E-state index is 0.320. The van der Waals surface area contributed by atoms with Gasteiger partial charge >= 0.3 is 0 Å². The lowest BCUT2D eigenvalue weighted by Gasteiger charge is -2.11. The SMILES string of the molecule is Cc1ccc(C#N)cc1-n1c(=N)n(C)c2cnc3ccc(-c4cnc5ccccc5c4)cc3c21. The van der Waals surface area contributed by atoms with E-state index in [0.717, 1.165) is 55.2 Å². The molecular weight excluding hydrogens is 420 g/mol. The van der Waals surface area contributed by atoms with Crippen LogP contribution in [0.3, 0.4) is 0 Å². The second kappa shape index (κ2) is 7.39. The quantitative estimate of drug-likeness (QED) is 0.392. The summed E-state index contributed by atoms with van der Waals surface area (Å²) in [6.45, 7) is 2.00. The van der Waals surface area contributed by atoms with Gasteiger partial charge in [0.25, 0.3) is 0 Å². The van der Waals surface area contributed by atoms with Crippen LogP contribution in [0.25, 0.3) is 49.7 Å². The number of pyridine rings is 2. The molecule has 0 saturated heterocycles. The van der Waals surface area contributed by atoms with Gasteiger partial charge in [-0.05, 0) is 54.4 Å². The van der Waals surface area contributed by atoms with Gasteiger partial charge in [0.2, 0.25) is 5.62 Å². The summed E-state index contributed by atoms with van der Waals surface area (Å²) in [5.74, 6) is 0. The van der Waals surface area contributed by atoms with Crippen molar-refractivity contribution in [3.63, 3.8) is 0 Å². The zero-order valence-electron chi connectivity index (χ0n) is 18.7. The van der Waals surface area contributed by atoms with E-state index in [9.17, 15) is 5.26 Å². The molecule has 3 aromatic carbocycles. The number of benzene rings is 3. The van der Waals surface area contributed by atoms with Crippen LogP contribution >= 0.6 is 0 Å². The van der Waals surface area contributed by atoms with E-state index in [-0.39, 0.29) is 0 Å². The Morgan fingerprint density at radius 3 is 2.56 bits per heavy atom. The molecule has 0 unspecified atom stereocenters. The third-order valence-electron chi connectivity index (χ3n) is 6.44. The van der Waals surface area contributed by atoms with Gasteiger partial charge in [0, 0.05) is 29.6 Å². The maximum absolute atomic E-state index is 9.47. The first kappa shape index (κ1) is 19.9. The summed E-state index contributed by atoms with van der Waals surface area (Å²) in [4.78, 5) is 9.30. The number of para-hydroxylation sites is 1. The number of imidazole rings is 1. The highest BCUT2D eigenvalue weighted by Crippen LogP contribution is 2.31. The van der Waals surface area contributed by atoms with Crippen molar-refractivity contribution in [3.8, 4) is 22.9 Å². The van der Waals surface area contributed by atoms with Gasteiger partial charge in [-0.3, -0.25) is 19.9 Å². The predicted molar refractivity (Wildman–Crippen MR) is 134 cm³/mol. The number of fused-ring (bicyclic) bond motifs is 4. The minimum Gasteiger partial charge on any atom is -0.312 e. The van der Waals surface area contributed by atoms with Crippen LogP contribution in [0.5, 0.6) is 0 Å². The fourth-order valence-corrected chi connectivity index (χ4v) is 4.58. The Balaban J connectivity index is 1.68. The Morgan fingerprint density at radius 1 is 0.882 bits per heavy atom. The van der Waals surface area contributed by atoms with Crippen LogP contribution in [0, 0.1) is 23.7 Å². The molecule has 34 heavy (non-hydrogen) atoms. The topological polar surface area (TPSA) is 83.3 Å². The zero-order chi connectivity index (χ0) is 23.4. The fourth-order valence-electron chi connectivity index (χ4n) is 4.58. The van der Waals surface area contributed by atoms with Crippen molar-refractivity contribution in [2.24, 2.45) is 7.05 Å². The van der Waals surface area contributed by atoms with Gasteiger partial charge in [0.1, 0.15) is 0 Å². The summed E-state index contributed by atoms with van der Waals surface area (Å²) in [5, 5.41) is 20.4. The van der Waals surface area contributed by atoms with E-state index in [1.807, 2.05) is 71.9 Å². The van der Waals surface area contributed by atoms with Crippen molar-refractivity contribution in [2.75, 3.05) is 0 Å². The van der Waals surface area contributed by atoms with Crippen molar-refractivity contribution < 1.29 is 0 Å². The monoisotopic (exact) mass is 440 g/mol. The van der Waals surface area contributed by atoms with Gasteiger partial charge in [-0.15, -0.1) is 0 Å². The maximum Gasteiger partial charge on any atom is 0.207 e. The standard InChI is InChI=1S/C28H20N6/c1-17-7-8-18(14-29)11-25(17)34-27-22-13-19(21-12-20-5-3-4-6-23(20)31-15-21)9-10-24(22)32-16-26(27)33(2)28(34)30/h3-13,15-16,30H,1-2H3. The molecule has 0 aliphatic carbocycles. The van der Waals surface area contributed by atoms with Gasteiger partial charge < -0.3 is 4.57 Å². The highest BCUT2D eigenvalue weighted by molar-refractivity contribution is 6.05. The van der Waals surface area contributed by atoms with E-state index in [0.29, 0.717) is 11.2 Å². The Hall–Kier alpha value is -4.76. The summed E-state index contributed by atoms with van der Waals surface area (Å²) >= 11 is 0. The molecule has 6 aromatic rings. The summed E-state index contributed by atoms with van der Waals surface area (Å²) in [7, 11) is 1.87. The van der Waals surface area contributed by atoms with Gasteiger partial charge in [-0.2, -0.15) is 5.26 Å². The van der Waals surface area contributed by atoms with Crippen molar-refractivity contribution in [1.29, 1.82) is 10.7 Å². The van der Waals surface area contributed by atoms with Crippen molar-refractivity contribution in [3.05, 3.63) is 95.9 Å². The van der Waals surface area contributed by atoms with Gasteiger partial charge in [0.05, 0.1) is 45.6 Å². The third-order valence-corrected chi connectivity index (χ3v) is 6.44. The normalized spacial score (nSPS) is 11.3. The van der Waals surface area contributed by atoms with Crippen molar-refractivity contribution in [1.82, 2.24) is 19.1 Å². The van der Waals surface area contributed by atoms with Crippen LogP contribution in [-0.2, 0) is 7.05 Å². The Kier molecular flexibility index (Phi) is 4.32. The number of nitriles is 1. The molecule has 0 amide bonds. The molecule has 0 aliphatic heterocycles. The minimum atomic E-state index is 0.320. The Morgan fingerprint density at radius 2 is 1.71 bits per heavy atom. The van der Waals surface area contributed by atoms with E-state index in [1.165, 1.54) is 0 Å². The van der Waals surface area contributed by atoms with E-state index in [2.05, 4.69) is 40.3 Å². The molecule has 0 fully saturated rings. The molecule has 3 heterocycles. The molecular formula is C28H20N6. The molecule has 0 atom stereocenters. The van der Waals surface area contributed by atoms with Crippen LogP contribution in [0.15, 0.2) is 79.1 Å². The summed E-state index contributed by atoms with van der Waals surface area (Å²) in [6, 6.07) is 24.2. The lowest BCUT2D eigenvalue weighted by atomic mass is 10.0. The first-order valence-electron chi connectivity index (χ1n) is 11.0. The van der Waals surface area contributed by atoms with Crippen LogP contribution in [0.2, 0.25) is 0 Å². The van der Waals surface area contributed by atoms with Gasteiger partial charge in [0.15, 0.2) is 0 Å². The molecule has 162 valence electrons. The molecule has 0 spiro atoms. The molecule has 0 aliphatic rings. The van der Waals surface area contributed by atoms with E-state index in [4.69, 9.17) is 5.41 Å². The second-order valence-corrected chi connectivity index (χ2v) is 8.47. The summed E-state index contributed by atoms with van der Waals surface area (Å²) in [6.07, 6.45) is 3.71. The van der Waals surface area contributed by atoms with Crippen LogP contribution in [-0.4, -0.2) is 19.1 Å². The highest BCUT2D eigenvalue weighted by atomic mass is 15.2. The first-order chi connectivity index (χ1) is 16.5. The zero-order valence-corrected chi connectivity index (χ0v) is 18.7. The van der Waals surface area contributed by atoms with Gasteiger partial charge in [-0.1, -0.05) is 30.3 Å². The number of hydrogen-bond donors (Lipinski definition) is 1. The number of nitrogens with one attached hydrogen (secondary N) is 1. The first-order valence-corrected chi connectivity index (χ1v) is 11.0. The van der Waals surface area contributed by atoms with Crippen LogP contribution in [0.1, 0.15) is 11.1 Å². The molecule has 6 heteroatoms. The molecule has 0 bridgehead atoms. The molecule has 3 aromatic heterocycles.